The number of aromatic nitrogens is 2. The Morgan fingerprint density at radius 1 is 1.21 bits per heavy atom. The molecule has 3 aromatic heterocycles. The molecule has 19 heavy (non-hydrogen) atoms. The van der Waals surface area contributed by atoms with Crippen molar-refractivity contribution in [2.24, 2.45) is 0 Å². The highest BCUT2D eigenvalue weighted by Crippen LogP contribution is 2.29. The zero-order valence-corrected chi connectivity index (χ0v) is 12.1. The number of fused-ring (bicyclic) bond motifs is 1. The smallest absolute Gasteiger partial charge is 0.226 e. The van der Waals surface area contributed by atoms with Crippen LogP contribution in [0.4, 0.5) is 17.5 Å². The van der Waals surface area contributed by atoms with Crippen LogP contribution in [0.1, 0.15) is 13.3 Å². The summed E-state index contributed by atoms with van der Waals surface area (Å²) in [6, 6.07) is 4.10. The molecule has 0 aromatic carbocycles. The topological polar surface area (TPSA) is 49.8 Å². The molecule has 0 saturated carbocycles. The molecule has 0 aliphatic heterocycles. The van der Waals surface area contributed by atoms with Gasteiger partial charge in [0.15, 0.2) is 0 Å². The predicted octanol–water partition coefficient (Wildman–Crippen LogP) is 4.32. The standard InChI is InChI=1S/C13H14N4S2/c1-2-5-14-13-16-11(15-9-3-6-18-8-9)10-4-7-19-12(10)17-13/h3-4,6-8H,2,5H2,1H3,(H2,14,15,16,17). The molecule has 0 fully saturated rings. The number of nitrogens with zero attached hydrogens (tertiary/aromatic N) is 2. The lowest BCUT2D eigenvalue weighted by molar-refractivity contribution is 0.958. The van der Waals surface area contributed by atoms with E-state index in [1.807, 2.05) is 16.8 Å². The Labute approximate surface area is 119 Å². The van der Waals surface area contributed by atoms with Gasteiger partial charge in [-0.2, -0.15) is 16.3 Å². The lowest BCUT2D eigenvalue weighted by atomic mass is 10.3. The van der Waals surface area contributed by atoms with Crippen molar-refractivity contribution in [1.29, 1.82) is 0 Å². The summed E-state index contributed by atoms with van der Waals surface area (Å²) in [6.07, 6.45) is 1.05. The second-order valence-corrected chi connectivity index (χ2v) is 5.77. The van der Waals surface area contributed by atoms with Gasteiger partial charge in [-0.3, -0.25) is 0 Å². The first-order valence-electron chi connectivity index (χ1n) is 6.15. The fourth-order valence-electron chi connectivity index (χ4n) is 1.74. The lowest BCUT2D eigenvalue weighted by Gasteiger charge is -2.08. The predicted molar refractivity (Wildman–Crippen MR) is 83.8 cm³/mol. The molecule has 3 rings (SSSR count). The van der Waals surface area contributed by atoms with Gasteiger partial charge >= 0.3 is 0 Å². The van der Waals surface area contributed by atoms with Gasteiger partial charge in [-0.15, -0.1) is 11.3 Å². The first kappa shape index (κ1) is 12.4. The number of nitrogens with one attached hydrogen (secondary N) is 2. The van der Waals surface area contributed by atoms with Gasteiger partial charge < -0.3 is 10.6 Å². The number of hydrogen-bond acceptors (Lipinski definition) is 6. The summed E-state index contributed by atoms with van der Waals surface area (Å²) in [5, 5.41) is 13.8. The highest BCUT2D eigenvalue weighted by atomic mass is 32.1. The molecule has 0 unspecified atom stereocenters. The third-order valence-corrected chi connectivity index (χ3v) is 4.13. The molecule has 0 saturated heterocycles. The molecule has 0 bridgehead atoms. The quantitative estimate of drug-likeness (QED) is 0.735. The van der Waals surface area contributed by atoms with Crippen molar-refractivity contribution >= 4 is 50.3 Å². The minimum Gasteiger partial charge on any atom is -0.354 e. The van der Waals surface area contributed by atoms with E-state index in [1.54, 1.807) is 22.7 Å². The van der Waals surface area contributed by atoms with Crippen LogP contribution in [0.5, 0.6) is 0 Å². The highest BCUT2D eigenvalue weighted by Gasteiger charge is 2.09. The van der Waals surface area contributed by atoms with Crippen LogP contribution in [-0.4, -0.2) is 16.5 Å². The van der Waals surface area contributed by atoms with Crippen LogP contribution in [0.2, 0.25) is 0 Å². The summed E-state index contributed by atoms with van der Waals surface area (Å²) in [4.78, 5) is 10.1. The maximum Gasteiger partial charge on any atom is 0.226 e. The third-order valence-electron chi connectivity index (χ3n) is 2.64. The molecule has 4 nitrogen and oxygen atoms in total. The van der Waals surface area contributed by atoms with E-state index in [-0.39, 0.29) is 0 Å². The van der Waals surface area contributed by atoms with Crippen LogP contribution in [0, 0.1) is 0 Å². The van der Waals surface area contributed by atoms with Crippen molar-refractivity contribution in [3.05, 3.63) is 28.3 Å². The molecule has 0 spiro atoms. The maximum atomic E-state index is 4.56. The Hall–Kier alpha value is -1.66. The molecule has 0 radical (unpaired) electrons. The van der Waals surface area contributed by atoms with E-state index in [0.717, 1.165) is 34.7 Å². The highest BCUT2D eigenvalue weighted by molar-refractivity contribution is 7.16. The average Bonchev–Trinajstić information content (AvgIpc) is 3.06. The van der Waals surface area contributed by atoms with Crippen LogP contribution in [-0.2, 0) is 0 Å². The molecular formula is C13H14N4S2. The molecule has 6 heteroatoms. The summed E-state index contributed by atoms with van der Waals surface area (Å²) in [5.41, 5.74) is 1.07. The second kappa shape index (κ2) is 5.54. The molecule has 0 amide bonds. The third kappa shape index (κ3) is 2.69. The largest absolute Gasteiger partial charge is 0.354 e. The Bertz CT molecular complexity index is 660. The van der Waals surface area contributed by atoms with E-state index in [4.69, 9.17) is 0 Å². The van der Waals surface area contributed by atoms with Crippen LogP contribution in [0.15, 0.2) is 28.3 Å². The monoisotopic (exact) mass is 290 g/mol. The first-order valence-corrected chi connectivity index (χ1v) is 7.97. The van der Waals surface area contributed by atoms with Crippen molar-refractivity contribution in [1.82, 2.24) is 9.97 Å². The zero-order chi connectivity index (χ0) is 13.1. The van der Waals surface area contributed by atoms with E-state index in [9.17, 15) is 0 Å². The molecule has 3 heterocycles. The minimum absolute atomic E-state index is 0.689. The Balaban J connectivity index is 1.97. The molecular weight excluding hydrogens is 276 g/mol. The van der Waals surface area contributed by atoms with Gasteiger partial charge in [0.25, 0.3) is 0 Å². The lowest BCUT2D eigenvalue weighted by Crippen LogP contribution is -2.05. The van der Waals surface area contributed by atoms with Crippen LogP contribution in [0.25, 0.3) is 10.2 Å². The van der Waals surface area contributed by atoms with Gasteiger partial charge in [0, 0.05) is 11.9 Å². The van der Waals surface area contributed by atoms with E-state index < -0.39 is 0 Å². The van der Waals surface area contributed by atoms with Gasteiger partial charge in [-0.05, 0) is 29.3 Å². The molecule has 98 valence electrons. The summed E-state index contributed by atoms with van der Waals surface area (Å²) in [6.45, 7) is 3.01. The summed E-state index contributed by atoms with van der Waals surface area (Å²) in [7, 11) is 0. The molecule has 0 aliphatic carbocycles. The van der Waals surface area contributed by atoms with E-state index in [0.29, 0.717) is 5.95 Å². The Kier molecular flexibility index (Phi) is 3.61. The van der Waals surface area contributed by atoms with E-state index >= 15 is 0 Å². The van der Waals surface area contributed by atoms with Gasteiger partial charge in [0.1, 0.15) is 10.6 Å². The fraction of sp³-hybridized carbons (Fsp3) is 0.231. The summed E-state index contributed by atoms with van der Waals surface area (Å²) in [5.74, 6) is 1.55. The number of rotatable bonds is 5. The molecule has 0 atom stereocenters. The number of anilines is 3. The van der Waals surface area contributed by atoms with Crippen LogP contribution < -0.4 is 10.6 Å². The minimum atomic E-state index is 0.689. The van der Waals surface area contributed by atoms with E-state index in [1.165, 1.54) is 0 Å². The molecule has 3 aromatic rings. The average molecular weight is 290 g/mol. The van der Waals surface area contributed by atoms with Crippen LogP contribution in [0.3, 0.4) is 0 Å². The first-order chi connectivity index (χ1) is 9.36. The molecule has 0 aliphatic rings. The number of thiophene rings is 2. The summed E-state index contributed by atoms with van der Waals surface area (Å²) < 4.78 is 0. The van der Waals surface area contributed by atoms with Crippen molar-refractivity contribution < 1.29 is 0 Å². The van der Waals surface area contributed by atoms with E-state index in [2.05, 4.69) is 39.0 Å². The van der Waals surface area contributed by atoms with Gasteiger partial charge in [0.2, 0.25) is 5.95 Å². The summed E-state index contributed by atoms with van der Waals surface area (Å²) >= 11 is 3.30. The van der Waals surface area contributed by atoms with Crippen molar-refractivity contribution in [3.8, 4) is 0 Å². The van der Waals surface area contributed by atoms with Crippen LogP contribution >= 0.6 is 22.7 Å². The Morgan fingerprint density at radius 3 is 2.95 bits per heavy atom. The maximum absolute atomic E-state index is 4.56. The SMILES string of the molecule is CCCNc1nc(Nc2ccsc2)c2ccsc2n1. The fourth-order valence-corrected chi connectivity index (χ4v) is 3.09. The van der Waals surface area contributed by atoms with Gasteiger partial charge in [-0.1, -0.05) is 6.92 Å². The molecule has 2 N–H and O–H groups in total. The number of hydrogen-bond donors (Lipinski definition) is 2. The van der Waals surface area contributed by atoms with Crippen molar-refractivity contribution in [3.63, 3.8) is 0 Å². The Morgan fingerprint density at radius 2 is 2.16 bits per heavy atom. The van der Waals surface area contributed by atoms with Gasteiger partial charge in [0.05, 0.1) is 11.1 Å². The van der Waals surface area contributed by atoms with Crippen molar-refractivity contribution in [2.45, 2.75) is 13.3 Å². The van der Waals surface area contributed by atoms with Crippen molar-refractivity contribution in [2.75, 3.05) is 17.2 Å². The zero-order valence-electron chi connectivity index (χ0n) is 10.5. The second-order valence-electron chi connectivity index (χ2n) is 4.10. The van der Waals surface area contributed by atoms with Gasteiger partial charge in [-0.25, -0.2) is 4.98 Å². The normalized spacial score (nSPS) is 10.8.